The van der Waals surface area contributed by atoms with Gasteiger partial charge in [0.05, 0.1) is 6.04 Å². The Morgan fingerprint density at radius 2 is 2.30 bits per heavy atom. The van der Waals surface area contributed by atoms with E-state index in [0.717, 1.165) is 42.5 Å². The van der Waals surface area contributed by atoms with Crippen LogP contribution in [0.4, 0.5) is 0 Å². The maximum absolute atomic E-state index is 11.5. The lowest BCUT2D eigenvalue weighted by molar-refractivity contribution is -0.125. The minimum atomic E-state index is -0.663. The molecular weight excluding hydrogens is 294 g/mol. The largest absolute Gasteiger partial charge is 0.490 e. The maximum Gasteiger partial charge on any atom is 0.234 e. The van der Waals surface area contributed by atoms with Crippen molar-refractivity contribution >= 4 is 16.8 Å². The van der Waals surface area contributed by atoms with Gasteiger partial charge in [-0.05, 0) is 37.6 Å². The van der Waals surface area contributed by atoms with E-state index in [9.17, 15) is 9.90 Å². The number of primary amides is 1. The van der Waals surface area contributed by atoms with Crippen LogP contribution < -0.4 is 10.5 Å². The molecule has 1 aliphatic rings. The average Bonchev–Trinajstić information content (AvgIpc) is 3.02. The highest BCUT2D eigenvalue weighted by Gasteiger charge is 2.28. The molecule has 2 heterocycles. The Morgan fingerprint density at radius 3 is 3.13 bits per heavy atom. The fourth-order valence-corrected chi connectivity index (χ4v) is 3.22. The summed E-state index contributed by atoms with van der Waals surface area (Å²) in [5.74, 6) is 0.433. The molecule has 1 aromatic carbocycles. The van der Waals surface area contributed by atoms with Crippen LogP contribution >= 0.6 is 0 Å². The molecule has 1 aliphatic heterocycles. The van der Waals surface area contributed by atoms with Gasteiger partial charge in [0.1, 0.15) is 18.5 Å². The molecule has 1 amide bonds. The Kier molecular flexibility index (Phi) is 4.83. The van der Waals surface area contributed by atoms with Gasteiger partial charge in [-0.25, -0.2) is 0 Å². The molecule has 2 aromatic rings. The first-order valence-corrected chi connectivity index (χ1v) is 8.05. The van der Waals surface area contributed by atoms with E-state index in [0.29, 0.717) is 6.54 Å². The van der Waals surface area contributed by atoms with E-state index in [1.807, 2.05) is 35.4 Å². The first kappa shape index (κ1) is 15.8. The van der Waals surface area contributed by atoms with Crippen LogP contribution in [0.1, 0.15) is 19.3 Å². The Morgan fingerprint density at radius 1 is 1.43 bits per heavy atom. The van der Waals surface area contributed by atoms with Crippen molar-refractivity contribution < 1.29 is 14.6 Å². The monoisotopic (exact) mass is 317 g/mol. The van der Waals surface area contributed by atoms with Gasteiger partial charge in [0, 0.05) is 23.6 Å². The number of amides is 1. The van der Waals surface area contributed by atoms with Crippen LogP contribution in [0.25, 0.3) is 10.9 Å². The average molecular weight is 317 g/mol. The van der Waals surface area contributed by atoms with Crippen LogP contribution in [0.3, 0.4) is 0 Å². The van der Waals surface area contributed by atoms with Crippen molar-refractivity contribution in [1.82, 2.24) is 9.88 Å². The molecule has 124 valence electrons. The number of likely N-dealkylation sites (tertiary alicyclic amines) is 1. The number of carbonyl (C=O) groups is 1. The Balaban J connectivity index is 1.58. The van der Waals surface area contributed by atoms with E-state index in [2.05, 4.69) is 4.98 Å². The van der Waals surface area contributed by atoms with Gasteiger partial charge in [0.15, 0.2) is 0 Å². The zero-order chi connectivity index (χ0) is 16.2. The molecule has 1 saturated heterocycles. The van der Waals surface area contributed by atoms with Crippen LogP contribution in [0, 0.1) is 0 Å². The van der Waals surface area contributed by atoms with Crippen LogP contribution in [-0.4, -0.2) is 52.7 Å². The molecule has 0 saturated carbocycles. The molecule has 1 fully saturated rings. The number of aliphatic hydroxyl groups excluding tert-OH is 1. The van der Waals surface area contributed by atoms with Crippen molar-refractivity contribution in [2.75, 3.05) is 19.7 Å². The number of aromatic nitrogens is 1. The Labute approximate surface area is 135 Å². The lowest BCUT2D eigenvalue weighted by Crippen LogP contribution is -2.50. The van der Waals surface area contributed by atoms with Crippen LogP contribution in [0.15, 0.2) is 30.5 Å². The zero-order valence-electron chi connectivity index (χ0n) is 13.1. The summed E-state index contributed by atoms with van der Waals surface area (Å²) in [5, 5.41) is 11.3. The van der Waals surface area contributed by atoms with Gasteiger partial charge in [0.2, 0.25) is 5.91 Å². The van der Waals surface area contributed by atoms with E-state index in [-0.39, 0.29) is 18.6 Å². The molecule has 3 rings (SSSR count). The molecule has 2 unspecified atom stereocenters. The minimum absolute atomic E-state index is 0.187. The third-order valence-corrected chi connectivity index (χ3v) is 4.37. The SMILES string of the molecule is NC(=O)C1CCCCN1CC(O)COc1cccc2[nH]ccc12. The smallest absolute Gasteiger partial charge is 0.234 e. The number of benzene rings is 1. The van der Waals surface area contributed by atoms with Crippen molar-refractivity contribution in [3.05, 3.63) is 30.5 Å². The fraction of sp³-hybridized carbons (Fsp3) is 0.471. The van der Waals surface area contributed by atoms with Crippen molar-refractivity contribution in [2.24, 2.45) is 5.73 Å². The van der Waals surface area contributed by atoms with Crippen LogP contribution in [0.5, 0.6) is 5.75 Å². The molecule has 0 spiro atoms. The second-order valence-corrected chi connectivity index (χ2v) is 6.07. The van der Waals surface area contributed by atoms with Gasteiger partial charge in [0.25, 0.3) is 0 Å². The molecule has 6 heteroatoms. The Hall–Kier alpha value is -2.05. The van der Waals surface area contributed by atoms with E-state index in [1.54, 1.807) is 0 Å². The van der Waals surface area contributed by atoms with Crippen molar-refractivity contribution in [3.8, 4) is 5.75 Å². The lowest BCUT2D eigenvalue weighted by atomic mass is 10.0. The predicted octanol–water partition coefficient (Wildman–Crippen LogP) is 1.25. The molecule has 6 nitrogen and oxygen atoms in total. The number of H-pyrrole nitrogens is 1. The van der Waals surface area contributed by atoms with E-state index >= 15 is 0 Å². The standard InChI is InChI=1S/C17H23N3O3/c18-17(22)15-5-1-2-9-20(15)10-12(21)11-23-16-6-3-4-14-13(16)7-8-19-14/h3-4,6-8,12,15,19,21H,1-2,5,9-11H2,(H2,18,22). The normalized spacial score (nSPS) is 20.5. The van der Waals surface area contributed by atoms with Gasteiger partial charge in [-0.1, -0.05) is 12.5 Å². The number of β-amino-alcohol motifs (C(OH)–C–C–N with tert-alkyl or cyclic N) is 1. The number of hydrogen-bond acceptors (Lipinski definition) is 4. The summed E-state index contributed by atoms with van der Waals surface area (Å²) in [7, 11) is 0. The number of carbonyl (C=O) groups excluding carboxylic acids is 1. The fourth-order valence-electron chi connectivity index (χ4n) is 3.22. The first-order chi connectivity index (χ1) is 11.1. The van der Waals surface area contributed by atoms with Crippen molar-refractivity contribution in [3.63, 3.8) is 0 Å². The highest BCUT2D eigenvalue weighted by molar-refractivity contribution is 5.85. The van der Waals surface area contributed by atoms with Crippen LogP contribution in [0.2, 0.25) is 0 Å². The second-order valence-electron chi connectivity index (χ2n) is 6.07. The number of fused-ring (bicyclic) bond motifs is 1. The van der Waals surface area contributed by atoms with Gasteiger partial charge in [-0.2, -0.15) is 0 Å². The molecule has 2 atom stereocenters. The third-order valence-electron chi connectivity index (χ3n) is 4.37. The molecule has 0 aliphatic carbocycles. The Bertz CT molecular complexity index is 670. The van der Waals surface area contributed by atoms with E-state index in [1.165, 1.54) is 0 Å². The van der Waals surface area contributed by atoms with Crippen LogP contribution in [-0.2, 0) is 4.79 Å². The van der Waals surface area contributed by atoms with E-state index < -0.39 is 6.10 Å². The number of aromatic amines is 1. The van der Waals surface area contributed by atoms with Crippen molar-refractivity contribution in [1.29, 1.82) is 0 Å². The highest BCUT2D eigenvalue weighted by Crippen LogP contribution is 2.24. The number of nitrogens with one attached hydrogen (secondary N) is 1. The molecular formula is C17H23N3O3. The summed E-state index contributed by atoms with van der Waals surface area (Å²) < 4.78 is 5.76. The number of aliphatic hydroxyl groups is 1. The number of rotatable bonds is 6. The molecule has 4 N–H and O–H groups in total. The summed E-state index contributed by atoms with van der Waals surface area (Å²) in [4.78, 5) is 16.6. The molecule has 0 bridgehead atoms. The quantitative estimate of drug-likeness (QED) is 0.747. The second kappa shape index (κ2) is 7.02. The summed E-state index contributed by atoms with van der Waals surface area (Å²) in [6.07, 6.45) is 4.00. The van der Waals surface area contributed by atoms with Gasteiger partial charge in [-0.15, -0.1) is 0 Å². The molecule has 0 radical (unpaired) electrons. The van der Waals surface area contributed by atoms with Gasteiger partial charge in [-0.3, -0.25) is 9.69 Å². The number of nitrogens with two attached hydrogens (primary N) is 1. The van der Waals surface area contributed by atoms with Gasteiger partial charge < -0.3 is 20.6 Å². The maximum atomic E-state index is 11.5. The summed E-state index contributed by atoms with van der Waals surface area (Å²) >= 11 is 0. The predicted molar refractivity (Wildman–Crippen MR) is 88.2 cm³/mol. The summed E-state index contributed by atoms with van der Waals surface area (Å²) in [5.41, 5.74) is 6.45. The molecule has 23 heavy (non-hydrogen) atoms. The topological polar surface area (TPSA) is 91.6 Å². The number of piperidine rings is 1. The summed E-state index contributed by atoms with van der Waals surface area (Å²) in [6.45, 7) is 1.38. The number of hydrogen-bond donors (Lipinski definition) is 3. The third kappa shape index (κ3) is 3.65. The number of nitrogens with zero attached hydrogens (tertiary/aromatic N) is 1. The molecule has 1 aromatic heterocycles. The minimum Gasteiger partial charge on any atom is -0.490 e. The highest BCUT2D eigenvalue weighted by atomic mass is 16.5. The zero-order valence-corrected chi connectivity index (χ0v) is 13.1. The lowest BCUT2D eigenvalue weighted by Gasteiger charge is -2.34. The first-order valence-electron chi connectivity index (χ1n) is 8.05. The van der Waals surface area contributed by atoms with E-state index in [4.69, 9.17) is 10.5 Å². The summed E-state index contributed by atoms with van der Waals surface area (Å²) in [6, 6.07) is 7.45. The van der Waals surface area contributed by atoms with Gasteiger partial charge >= 0.3 is 0 Å². The van der Waals surface area contributed by atoms with Crippen molar-refractivity contribution in [2.45, 2.75) is 31.4 Å². The number of ether oxygens (including phenoxy) is 1.